The first-order valence-electron chi connectivity index (χ1n) is 4.77. The summed E-state index contributed by atoms with van der Waals surface area (Å²) in [5.74, 6) is 1.42. The van der Waals surface area contributed by atoms with E-state index >= 15 is 0 Å². The number of aromatic nitrogens is 2. The molecule has 0 radical (unpaired) electrons. The van der Waals surface area contributed by atoms with Crippen LogP contribution in [0, 0.1) is 5.92 Å². The Hall–Kier alpha value is -0.990. The van der Waals surface area contributed by atoms with E-state index in [9.17, 15) is 0 Å². The van der Waals surface area contributed by atoms with Crippen LogP contribution in [0.15, 0.2) is 6.20 Å². The molecule has 0 spiro atoms. The van der Waals surface area contributed by atoms with Gasteiger partial charge in [0.2, 0.25) is 5.88 Å². The molecule has 1 heterocycles. The van der Waals surface area contributed by atoms with Crippen molar-refractivity contribution < 1.29 is 4.74 Å². The van der Waals surface area contributed by atoms with Crippen LogP contribution in [-0.4, -0.2) is 16.9 Å². The number of rotatable bonds is 4. The summed E-state index contributed by atoms with van der Waals surface area (Å²) in [6, 6.07) is 0. The van der Waals surface area contributed by atoms with E-state index in [4.69, 9.17) is 4.74 Å². The molecule has 1 aromatic rings. The molecule has 3 heteroatoms. The van der Waals surface area contributed by atoms with Crippen molar-refractivity contribution in [3.63, 3.8) is 0 Å². The van der Waals surface area contributed by atoms with Crippen LogP contribution in [0.2, 0.25) is 0 Å². The molecule has 0 fully saturated rings. The van der Waals surface area contributed by atoms with Crippen molar-refractivity contribution in [1.29, 1.82) is 0 Å². The fourth-order valence-electron chi connectivity index (χ4n) is 1.36. The summed E-state index contributed by atoms with van der Waals surface area (Å²) in [4.78, 5) is 0. The maximum absolute atomic E-state index is 5.20. The topological polar surface area (TPSA) is 27.1 Å². The van der Waals surface area contributed by atoms with Crippen molar-refractivity contribution in [2.45, 2.75) is 33.7 Å². The summed E-state index contributed by atoms with van der Waals surface area (Å²) < 4.78 is 7.11. The number of ether oxygens (including phenoxy) is 1. The first-order chi connectivity index (χ1) is 6.17. The molecule has 0 atom stereocenters. The molecule has 1 rings (SSSR count). The van der Waals surface area contributed by atoms with Crippen LogP contribution in [0.1, 0.15) is 26.3 Å². The average molecular weight is 182 g/mol. The van der Waals surface area contributed by atoms with Gasteiger partial charge in [-0.3, -0.25) is 4.68 Å². The second kappa shape index (κ2) is 4.30. The zero-order valence-corrected chi connectivity index (χ0v) is 8.87. The van der Waals surface area contributed by atoms with Crippen molar-refractivity contribution in [2.24, 2.45) is 5.92 Å². The van der Waals surface area contributed by atoms with Crippen LogP contribution in [-0.2, 0) is 13.0 Å². The van der Waals surface area contributed by atoms with Crippen molar-refractivity contribution in [3.8, 4) is 5.88 Å². The zero-order valence-electron chi connectivity index (χ0n) is 8.87. The van der Waals surface area contributed by atoms with Crippen LogP contribution >= 0.6 is 0 Å². The highest BCUT2D eigenvalue weighted by atomic mass is 16.5. The number of methoxy groups -OCH3 is 1. The molecule has 3 nitrogen and oxygen atoms in total. The lowest BCUT2D eigenvalue weighted by atomic mass is 10.1. The largest absolute Gasteiger partial charge is 0.480 e. The van der Waals surface area contributed by atoms with Gasteiger partial charge in [0.15, 0.2) is 0 Å². The summed E-state index contributed by atoms with van der Waals surface area (Å²) >= 11 is 0. The summed E-state index contributed by atoms with van der Waals surface area (Å²) in [6.45, 7) is 7.37. The maximum atomic E-state index is 5.20. The molecular formula is C10H18N2O. The van der Waals surface area contributed by atoms with E-state index in [0.29, 0.717) is 5.92 Å². The lowest BCUT2D eigenvalue weighted by Gasteiger charge is -2.02. The number of hydrogen-bond acceptors (Lipinski definition) is 2. The molecule has 74 valence electrons. The third-order valence-electron chi connectivity index (χ3n) is 1.94. The third kappa shape index (κ3) is 2.47. The average Bonchev–Trinajstić information content (AvgIpc) is 2.46. The predicted octanol–water partition coefficient (Wildman–Crippen LogP) is 2.11. The van der Waals surface area contributed by atoms with Crippen LogP contribution in [0.4, 0.5) is 0 Å². The molecule has 0 saturated carbocycles. The fraction of sp³-hybridized carbons (Fsp3) is 0.700. The van der Waals surface area contributed by atoms with E-state index in [1.54, 1.807) is 7.11 Å². The van der Waals surface area contributed by atoms with Gasteiger partial charge in [-0.05, 0) is 19.3 Å². The van der Waals surface area contributed by atoms with Crippen LogP contribution in [0.5, 0.6) is 5.88 Å². The normalized spacial score (nSPS) is 10.8. The quantitative estimate of drug-likeness (QED) is 0.713. The zero-order chi connectivity index (χ0) is 9.84. The van der Waals surface area contributed by atoms with Crippen molar-refractivity contribution in [1.82, 2.24) is 9.78 Å². The van der Waals surface area contributed by atoms with E-state index < -0.39 is 0 Å². The number of aryl methyl sites for hydroxylation is 1. The predicted molar refractivity (Wildman–Crippen MR) is 53.0 cm³/mol. The molecule has 13 heavy (non-hydrogen) atoms. The van der Waals surface area contributed by atoms with Gasteiger partial charge in [0.05, 0.1) is 7.11 Å². The highest BCUT2D eigenvalue weighted by Gasteiger charge is 2.09. The first kappa shape index (κ1) is 10.1. The van der Waals surface area contributed by atoms with Gasteiger partial charge in [-0.15, -0.1) is 5.10 Å². The first-order valence-corrected chi connectivity index (χ1v) is 4.77. The summed E-state index contributed by atoms with van der Waals surface area (Å²) in [5.41, 5.74) is 1.21. The second-order valence-corrected chi connectivity index (χ2v) is 3.62. The van der Waals surface area contributed by atoms with E-state index in [-0.39, 0.29) is 0 Å². The number of nitrogens with zero attached hydrogens (tertiary/aromatic N) is 2. The van der Waals surface area contributed by atoms with Gasteiger partial charge in [0, 0.05) is 18.3 Å². The van der Waals surface area contributed by atoms with Crippen molar-refractivity contribution >= 4 is 0 Å². The standard InChI is InChI=1S/C10H18N2O/c1-5-12-7-9(6-8(2)3)10(11-12)13-4/h7-8H,5-6H2,1-4H3. The smallest absolute Gasteiger partial charge is 0.235 e. The SMILES string of the molecule is CCn1cc(CC(C)C)c(OC)n1. The molecule has 0 amide bonds. The molecule has 0 aliphatic carbocycles. The Morgan fingerprint density at radius 2 is 2.23 bits per heavy atom. The Morgan fingerprint density at radius 3 is 2.69 bits per heavy atom. The molecule has 0 aromatic carbocycles. The van der Waals surface area contributed by atoms with Gasteiger partial charge < -0.3 is 4.74 Å². The minimum Gasteiger partial charge on any atom is -0.480 e. The lowest BCUT2D eigenvalue weighted by molar-refractivity contribution is 0.383. The van der Waals surface area contributed by atoms with Gasteiger partial charge in [-0.2, -0.15) is 0 Å². The Balaban J connectivity index is 2.84. The fourth-order valence-corrected chi connectivity index (χ4v) is 1.36. The lowest BCUT2D eigenvalue weighted by Crippen LogP contribution is -1.95. The van der Waals surface area contributed by atoms with Gasteiger partial charge in [0.1, 0.15) is 0 Å². The third-order valence-corrected chi connectivity index (χ3v) is 1.94. The summed E-state index contributed by atoms with van der Waals surface area (Å²) in [5, 5.41) is 4.29. The summed E-state index contributed by atoms with van der Waals surface area (Å²) in [7, 11) is 1.67. The van der Waals surface area contributed by atoms with E-state index in [1.165, 1.54) is 5.56 Å². The molecule has 0 N–H and O–H groups in total. The monoisotopic (exact) mass is 182 g/mol. The molecule has 0 unspecified atom stereocenters. The van der Waals surface area contributed by atoms with Gasteiger partial charge >= 0.3 is 0 Å². The minimum absolute atomic E-state index is 0.642. The molecule has 0 aliphatic rings. The highest BCUT2D eigenvalue weighted by Crippen LogP contribution is 2.18. The van der Waals surface area contributed by atoms with E-state index in [1.807, 2.05) is 4.68 Å². The molecular weight excluding hydrogens is 164 g/mol. The van der Waals surface area contributed by atoms with Gasteiger partial charge in [0.25, 0.3) is 0 Å². The maximum Gasteiger partial charge on any atom is 0.235 e. The molecule has 0 saturated heterocycles. The molecule has 0 bridgehead atoms. The summed E-state index contributed by atoms with van der Waals surface area (Å²) in [6.07, 6.45) is 3.10. The van der Waals surface area contributed by atoms with Gasteiger partial charge in [-0.25, -0.2) is 0 Å². The van der Waals surface area contributed by atoms with Crippen molar-refractivity contribution in [3.05, 3.63) is 11.8 Å². The molecule has 0 aliphatic heterocycles. The molecule has 1 aromatic heterocycles. The highest BCUT2D eigenvalue weighted by molar-refractivity contribution is 5.23. The second-order valence-electron chi connectivity index (χ2n) is 3.62. The Labute approximate surface area is 79.7 Å². The van der Waals surface area contributed by atoms with Crippen molar-refractivity contribution in [2.75, 3.05) is 7.11 Å². The van der Waals surface area contributed by atoms with E-state index in [2.05, 4.69) is 32.1 Å². The minimum atomic E-state index is 0.642. The Bertz CT molecular complexity index is 266. The van der Waals surface area contributed by atoms with E-state index in [0.717, 1.165) is 18.8 Å². The van der Waals surface area contributed by atoms with Crippen LogP contribution in [0.25, 0.3) is 0 Å². The van der Waals surface area contributed by atoms with Gasteiger partial charge in [-0.1, -0.05) is 13.8 Å². The van der Waals surface area contributed by atoms with Crippen LogP contribution in [0.3, 0.4) is 0 Å². The Morgan fingerprint density at radius 1 is 1.54 bits per heavy atom. The van der Waals surface area contributed by atoms with Crippen LogP contribution < -0.4 is 4.74 Å². The number of hydrogen-bond donors (Lipinski definition) is 0. The Kier molecular flexibility index (Phi) is 3.34.